The van der Waals surface area contributed by atoms with Crippen molar-refractivity contribution in [3.63, 3.8) is 0 Å². The zero-order valence-corrected chi connectivity index (χ0v) is 19.7. The monoisotopic (exact) mass is 450 g/mol. The fourth-order valence-electron chi connectivity index (χ4n) is 4.39. The van der Waals surface area contributed by atoms with E-state index in [-0.39, 0.29) is 17.7 Å². The summed E-state index contributed by atoms with van der Waals surface area (Å²) in [7, 11) is 2.18. The largest absolute Gasteiger partial charge is 0.348 e. The van der Waals surface area contributed by atoms with Crippen molar-refractivity contribution < 1.29 is 14.4 Å². The smallest absolute Gasteiger partial charge is 0.251 e. The van der Waals surface area contributed by atoms with Gasteiger partial charge in [-0.15, -0.1) is 0 Å². The summed E-state index contributed by atoms with van der Waals surface area (Å²) in [5, 5.41) is 8.33. The molecule has 3 N–H and O–H groups in total. The summed E-state index contributed by atoms with van der Waals surface area (Å²) in [4.78, 5) is 38.3. The van der Waals surface area contributed by atoms with E-state index in [4.69, 9.17) is 0 Å². The summed E-state index contributed by atoms with van der Waals surface area (Å²) in [5.41, 5.74) is 3.55. The fraction of sp³-hybridized carbons (Fsp3) is 0.423. The van der Waals surface area contributed by atoms with Crippen molar-refractivity contribution in [2.75, 3.05) is 17.7 Å². The van der Waals surface area contributed by atoms with E-state index in [1.165, 1.54) is 51.5 Å². The van der Waals surface area contributed by atoms with E-state index in [2.05, 4.69) is 34.0 Å². The highest BCUT2D eigenvalue weighted by Gasteiger charge is 2.19. The quantitative estimate of drug-likeness (QED) is 0.559. The van der Waals surface area contributed by atoms with Crippen LogP contribution in [0.5, 0.6) is 0 Å². The molecule has 33 heavy (non-hydrogen) atoms. The molecule has 2 aromatic carbocycles. The zero-order chi connectivity index (χ0) is 23.8. The Balaban J connectivity index is 1.70. The number of hydrogen-bond donors (Lipinski definition) is 3. The number of carbonyl (C=O) groups is 3. The maximum atomic E-state index is 12.9. The van der Waals surface area contributed by atoms with Crippen LogP contribution in [0.1, 0.15) is 67.4 Å². The minimum atomic E-state index is -0.274. The Kier molecular flexibility index (Phi) is 8.60. The van der Waals surface area contributed by atoms with E-state index in [0.717, 1.165) is 12.1 Å². The van der Waals surface area contributed by atoms with Crippen molar-refractivity contribution in [3.05, 3.63) is 59.2 Å². The van der Waals surface area contributed by atoms with Gasteiger partial charge in [0, 0.05) is 49.9 Å². The molecule has 1 aliphatic carbocycles. The minimum Gasteiger partial charge on any atom is -0.348 e. The van der Waals surface area contributed by atoms with Crippen molar-refractivity contribution in [1.29, 1.82) is 0 Å². The Morgan fingerprint density at radius 1 is 0.879 bits per heavy atom. The van der Waals surface area contributed by atoms with Crippen LogP contribution in [0.25, 0.3) is 0 Å². The molecule has 0 aliphatic heterocycles. The van der Waals surface area contributed by atoms with E-state index >= 15 is 0 Å². The molecule has 7 nitrogen and oxygen atoms in total. The molecule has 0 aromatic heterocycles. The first-order chi connectivity index (χ1) is 15.8. The molecule has 3 amide bonds. The number of nitrogens with zero attached hydrogens (tertiary/aromatic N) is 1. The van der Waals surface area contributed by atoms with Gasteiger partial charge in [0.15, 0.2) is 0 Å². The van der Waals surface area contributed by atoms with E-state index in [9.17, 15) is 14.4 Å². The summed E-state index contributed by atoms with van der Waals surface area (Å²) in [6.45, 7) is 4.03. The number of rotatable bonds is 8. The lowest BCUT2D eigenvalue weighted by Gasteiger charge is -2.31. The summed E-state index contributed by atoms with van der Waals surface area (Å²) >= 11 is 0. The first-order valence-electron chi connectivity index (χ1n) is 11.6. The molecule has 1 aliphatic rings. The number of nitrogens with one attached hydrogen (secondary N) is 3. The average molecular weight is 451 g/mol. The highest BCUT2D eigenvalue weighted by Crippen LogP contribution is 2.24. The second-order valence-corrected chi connectivity index (χ2v) is 8.82. The van der Waals surface area contributed by atoms with Crippen molar-refractivity contribution in [2.45, 2.75) is 65.1 Å². The van der Waals surface area contributed by atoms with Gasteiger partial charge in [-0.1, -0.05) is 43.5 Å². The van der Waals surface area contributed by atoms with Crippen molar-refractivity contribution in [3.8, 4) is 0 Å². The maximum absolute atomic E-state index is 12.9. The van der Waals surface area contributed by atoms with Gasteiger partial charge in [-0.25, -0.2) is 0 Å². The predicted molar refractivity (Wildman–Crippen MR) is 131 cm³/mol. The molecule has 1 fully saturated rings. The number of hydrogen-bond acceptors (Lipinski definition) is 4. The van der Waals surface area contributed by atoms with Crippen LogP contribution in [0, 0.1) is 0 Å². The maximum Gasteiger partial charge on any atom is 0.251 e. The lowest BCUT2D eigenvalue weighted by atomic mass is 9.94. The summed E-state index contributed by atoms with van der Waals surface area (Å²) in [5.74, 6) is -0.779. The van der Waals surface area contributed by atoms with Crippen LogP contribution < -0.4 is 16.0 Å². The second-order valence-electron chi connectivity index (χ2n) is 8.82. The van der Waals surface area contributed by atoms with Crippen LogP contribution in [0.15, 0.2) is 42.5 Å². The van der Waals surface area contributed by atoms with Gasteiger partial charge in [0.2, 0.25) is 11.8 Å². The third kappa shape index (κ3) is 7.43. The summed E-state index contributed by atoms with van der Waals surface area (Å²) in [6, 6.07) is 13.6. The summed E-state index contributed by atoms with van der Waals surface area (Å²) < 4.78 is 0. The molecule has 0 heterocycles. The lowest BCUT2D eigenvalue weighted by Crippen LogP contribution is -2.33. The highest BCUT2D eigenvalue weighted by atomic mass is 16.2. The van der Waals surface area contributed by atoms with E-state index in [1.54, 1.807) is 18.2 Å². The van der Waals surface area contributed by atoms with Crippen LogP contribution in [-0.2, 0) is 22.7 Å². The molecule has 7 heteroatoms. The molecule has 0 atom stereocenters. The van der Waals surface area contributed by atoms with Gasteiger partial charge in [0.1, 0.15) is 0 Å². The number of amides is 3. The molecule has 3 rings (SSSR count). The first-order valence-corrected chi connectivity index (χ1v) is 11.6. The normalized spacial score (nSPS) is 14.1. The Morgan fingerprint density at radius 3 is 2.03 bits per heavy atom. The third-order valence-corrected chi connectivity index (χ3v) is 6.01. The second kappa shape index (κ2) is 11.6. The molecular formula is C26H34N4O3. The van der Waals surface area contributed by atoms with Gasteiger partial charge in [-0.2, -0.15) is 0 Å². The van der Waals surface area contributed by atoms with Crippen molar-refractivity contribution in [2.24, 2.45) is 0 Å². The Morgan fingerprint density at radius 2 is 1.45 bits per heavy atom. The van der Waals surface area contributed by atoms with Crippen LogP contribution in [-0.4, -0.2) is 35.7 Å². The summed E-state index contributed by atoms with van der Waals surface area (Å²) in [6.07, 6.45) is 6.42. The molecule has 0 saturated heterocycles. The van der Waals surface area contributed by atoms with Crippen LogP contribution in [0.3, 0.4) is 0 Å². The van der Waals surface area contributed by atoms with Gasteiger partial charge < -0.3 is 16.0 Å². The molecule has 0 spiro atoms. The number of carbonyl (C=O) groups excluding carboxylic acids is 3. The van der Waals surface area contributed by atoms with E-state index in [1.807, 2.05) is 18.2 Å². The van der Waals surface area contributed by atoms with Gasteiger partial charge in [-0.3, -0.25) is 19.3 Å². The fourth-order valence-corrected chi connectivity index (χ4v) is 4.39. The molecular weight excluding hydrogens is 416 g/mol. The van der Waals surface area contributed by atoms with E-state index < -0.39 is 0 Å². The van der Waals surface area contributed by atoms with Gasteiger partial charge in [0.05, 0.1) is 0 Å². The standard InChI is InChI=1S/C26H34N4O3/c1-18(31)28-23-13-22(14-24(15-23)29-19(2)32)26(33)27-16-20-9-7-8-10-21(20)17-30(3)25-11-5-4-6-12-25/h7-10,13-15,25H,4-6,11-12,16-17H2,1-3H3,(H,27,33)(H,28,31)(H,29,32). The molecule has 2 aromatic rings. The SMILES string of the molecule is CC(=O)Nc1cc(NC(C)=O)cc(C(=O)NCc2ccccc2CN(C)C2CCCCC2)c1. The predicted octanol–water partition coefficient (Wildman–Crippen LogP) is 4.30. The minimum absolute atomic E-state index is 0.252. The number of benzene rings is 2. The van der Waals surface area contributed by atoms with Crippen LogP contribution >= 0.6 is 0 Å². The van der Waals surface area contributed by atoms with Crippen molar-refractivity contribution in [1.82, 2.24) is 10.2 Å². The molecule has 0 radical (unpaired) electrons. The van der Waals surface area contributed by atoms with Gasteiger partial charge in [0.25, 0.3) is 5.91 Å². The van der Waals surface area contributed by atoms with Gasteiger partial charge in [-0.05, 0) is 49.2 Å². The molecule has 1 saturated carbocycles. The van der Waals surface area contributed by atoms with Crippen LogP contribution in [0.4, 0.5) is 11.4 Å². The van der Waals surface area contributed by atoms with Crippen molar-refractivity contribution >= 4 is 29.1 Å². The number of anilines is 2. The topological polar surface area (TPSA) is 90.5 Å². The highest BCUT2D eigenvalue weighted by molar-refractivity contribution is 5.99. The molecule has 176 valence electrons. The Hall–Kier alpha value is -3.19. The zero-order valence-electron chi connectivity index (χ0n) is 19.7. The van der Waals surface area contributed by atoms with Gasteiger partial charge >= 0.3 is 0 Å². The molecule has 0 unspecified atom stereocenters. The third-order valence-electron chi connectivity index (χ3n) is 6.01. The lowest BCUT2D eigenvalue weighted by molar-refractivity contribution is -0.115. The molecule has 0 bridgehead atoms. The Labute approximate surface area is 195 Å². The Bertz CT molecular complexity index is 965. The van der Waals surface area contributed by atoms with Crippen LogP contribution in [0.2, 0.25) is 0 Å². The average Bonchev–Trinajstić information content (AvgIpc) is 2.77. The van der Waals surface area contributed by atoms with E-state index in [0.29, 0.717) is 29.5 Å². The first kappa shape index (κ1) is 24.5.